The van der Waals surface area contributed by atoms with Gasteiger partial charge in [-0.3, -0.25) is 4.79 Å². The van der Waals surface area contributed by atoms with Gasteiger partial charge < -0.3 is 9.32 Å². The molecule has 23 heavy (non-hydrogen) atoms. The van der Waals surface area contributed by atoms with Crippen molar-refractivity contribution in [1.29, 1.82) is 0 Å². The summed E-state index contributed by atoms with van der Waals surface area (Å²) in [6.07, 6.45) is 1.93. The highest BCUT2D eigenvalue weighted by molar-refractivity contribution is 7.18. The van der Waals surface area contributed by atoms with Crippen LogP contribution < -0.4 is 0 Å². The van der Waals surface area contributed by atoms with Crippen molar-refractivity contribution in [1.82, 2.24) is 9.88 Å². The number of hydrogen-bond acceptors (Lipinski definition) is 4. The molecular formula is C18H18N2O2S. The van der Waals surface area contributed by atoms with Gasteiger partial charge in [-0.1, -0.05) is 12.1 Å². The fourth-order valence-electron chi connectivity index (χ4n) is 3.10. The van der Waals surface area contributed by atoms with Gasteiger partial charge in [-0.15, -0.1) is 11.3 Å². The molecule has 0 unspecified atom stereocenters. The Morgan fingerprint density at radius 3 is 2.70 bits per heavy atom. The number of nitrogens with zero attached hydrogens (tertiary/aromatic N) is 2. The van der Waals surface area contributed by atoms with E-state index in [0.717, 1.165) is 37.2 Å². The van der Waals surface area contributed by atoms with Gasteiger partial charge in [-0.05, 0) is 44.0 Å². The summed E-state index contributed by atoms with van der Waals surface area (Å²) in [5.41, 5.74) is 1.08. The number of thiazole rings is 1. The van der Waals surface area contributed by atoms with Crippen molar-refractivity contribution in [3.8, 4) is 0 Å². The maximum Gasteiger partial charge on any atom is 0.289 e. The minimum Gasteiger partial charge on any atom is -0.456 e. The topological polar surface area (TPSA) is 46.3 Å². The fourth-order valence-corrected chi connectivity index (χ4v) is 4.24. The molecule has 0 atom stereocenters. The number of rotatable bonds is 2. The smallest absolute Gasteiger partial charge is 0.289 e. The minimum atomic E-state index is 0.000787. The van der Waals surface area contributed by atoms with E-state index in [0.29, 0.717) is 11.7 Å². The number of hydrogen-bond donors (Lipinski definition) is 0. The first-order chi connectivity index (χ1) is 11.2. The molecule has 1 amide bonds. The number of likely N-dealkylation sites (tertiary alicyclic amines) is 1. The maximum atomic E-state index is 12.4. The molecule has 0 radical (unpaired) electrons. The van der Waals surface area contributed by atoms with Gasteiger partial charge in [0.15, 0.2) is 5.76 Å². The number of furan rings is 1. The third-order valence-electron chi connectivity index (χ3n) is 4.39. The van der Waals surface area contributed by atoms with Crippen LogP contribution in [0, 0.1) is 6.92 Å². The summed E-state index contributed by atoms with van der Waals surface area (Å²) in [5, 5.41) is 1.20. The van der Waals surface area contributed by atoms with Gasteiger partial charge in [0.25, 0.3) is 5.91 Å². The predicted octanol–water partition coefficient (Wildman–Crippen LogP) is 4.22. The zero-order chi connectivity index (χ0) is 15.8. The van der Waals surface area contributed by atoms with Crippen molar-refractivity contribution in [3.63, 3.8) is 0 Å². The van der Waals surface area contributed by atoms with E-state index in [1.54, 1.807) is 17.4 Å². The van der Waals surface area contributed by atoms with Crippen LogP contribution >= 0.6 is 11.3 Å². The van der Waals surface area contributed by atoms with Gasteiger partial charge in [0.2, 0.25) is 0 Å². The summed E-state index contributed by atoms with van der Waals surface area (Å²) in [5.74, 6) is 1.68. The number of para-hydroxylation sites is 1. The van der Waals surface area contributed by atoms with Crippen LogP contribution in [0.5, 0.6) is 0 Å². The van der Waals surface area contributed by atoms with Crippen LogP contribution in [0.4, 0.5) is 0 Å². The molecule has 3 heterocycles. The summed E-state index contributed by atoms with van der Waals surface area (Å²) < 4.78 is 6.69. The third kappa shape index (κ3) is 2.77. The highest BCUT2D eigenvalue weighted by atomic mass is 32.1. The number of piperidine rings is 1. The van der Waals surface area contributed by atoms with E-state index in [2.05, 4.69) is 18.2 Å². The quantitative estimate of drug-likeness (QED) is 0.708. The molecule has 1 aliphatic rings. The van der Waals surface area contributed by atoms with Crippen LogP contribution in [0.1, 0.15) is 40.1 Å². The molecule has 0 bridgehead atoms. The van der Waals surface area contributed by atoms with Crippen LogP contribution in [-0.2, 0) is 0 Å². The molecule has 3 aromatic rings. The molecule has 118 valence electrons. The first-order valence-electron chi connectivity index (χ1n) is 7.92. The number of amides is 1. The molecule has 5 heteroatoms. The predicted molar refractivity (Wildman–Crippen MR) is 90.9 cm³/mol. The Hall–Kier alpha value is -2.14. The van der Waals surface area contributed by atoms with Crippen LogP contribution in [0.2, 0.25) is 0 Å². The SMILES string of the molecule is Cc1ccc(C(=O)N2CCC(c3nc4ccccc4s3)CC2)o1. The lowest BCUT2D eigenvalue weighted by molar-refractivity contribution is 0.0679. The molecule has 1 aliphatic heterocycles. The molecule has 4 nitrogen and oxygen atoms in total. The van der Waals surface area contributed by atoms with Crippen molar-refractivity contribution >= 4 is 27.5 Å². The normalized spacial score (nSPS) is 16.1. The molecule has 2 aromatic heterocycles. The Labute approximate surface area is 138 Å². The zero-order valence-corrected chi connectivity index (χ0v) is 13.8. The maximum absolute atomic E-state index is 12.4. The zero-order valence-electron chi connectivity index (χ0n) is 13.0. The summed E-state index contributed by atoms with van der Waals surface area (Å²) in [7, 11) is 0. The second-order valence-corrected chi connectivity index (χ2v) is 7.06. The van der Waals surface area contributed by atoms with Crippen molar-refractivity contribution < 1.29 is 9.21 Å². The van der Waals surface area contributed by atoms with Crippen molar-refractivity contribution in [2.45, 2.75) is 25.7 Å². The Bertz CT molecular complexity index is 810. The second kappa shape index (κ2) is 5.81. The molecule has 4 rings (SSSR count). The average molecular weight is 326 g/mol. The van der Waals surface area contributed by atoms with Gasteiger partial charge in [0, 0.05) is 19.0 Å². The van der Waals surface area contributed by atoms with E-state index < -0.39 is 0 Å². The molecule has 0 N–H and O–H groups in total. The fraction of sp³-hybridized carbons (Fsp3) is 0.333. The van der Waals surface area contributed by atoms with E-state index in [-0.39, 0.29) is 5.91 Å². The second-order valence-electron chi connectivity index (χ2n) is 6.00. The molecule has 1 fully saturated rings. The van der Waals surface area contributed by atoms with Crippen molar-refractivity contribution in [2.75, 3.05) is 13.1 Å². The highest BCUT2D eigenvalue weighted by Crippen LogP contribution is 2.34. The monoisotopic (exact) mass is 326 g/mol. The van der Waals surface area contributed by atoms with Crippen LogP contribution in [-0.4, -0.2) is 28.9 Å². The summed E-state index contributed by atoms with van der Waals surface area (Å²) >= 11 is 1.78. The Kier molecular flexibility index (Phi) is 3.65. The Balaban J connectivity index is 1.45. The highest BCUT2D eigenvalue weighted by Gasteiger charge is 2.27. The Morgan fingerprint density at radius 2 is 2.00 bits per heavy atom. The number of aryl methyl sites for hydroxylation is 1. The van der Waals surface area contributed by atoms with E-state index in [4.69, 9.17) is 9.40 Å². The van der Waals surface area contributed by atoms with Gasteiger partial charge >= 0.3 is 0 Å². The largest absolute Gasteiger partial charge is 0.456 e. The van der Waals surface area contributed by atoms with Crippen molar-refractivity contribution in [2.24, 2.45) is 0 Å². The standard InChI is InChI=1S/C18H18N2O2S/c1-12-6-7-15(22-12)18(21)20-10-8-13(9-11-20)17-19-14-4-2-3-5-16(14)23-17/h2-7,13H,8-11H2,1H3. The lowest BCUT2D eigenvalue weighted by Gasteiger charge is -2.30. The molecule has 0 saturated carbocycles. The van der Waals surface area contributed by atoms with E-state index in [1.165, 1.54) is 9.71 Å². The van der Waals surface area contributed by atoms with Crippen molar-refractivity contribution in [3.05, 3.63) is 52.9 Å². The molecule has 1 saturated heterocycles. The van der Waals surface area contributed by atoms with Gasteiger partial charge in [0.05, 0.1) is 15.2 Å². The van der Waals surface area contributed by atoms with Crippen LogP contribution in [0.25, 0.3) is 10.2 Å². The minimum absolute atomic E-state index is 0.000787. The average Bonchev–Trinajstić information content (AvgIpc) is 3.20. The Morgan fingerprint density at radius 1 is 1.22 bits per heavy atom. The molecular weight excluding hydrogens is 308 g/mol. The van der Waals surface area contributed by atoms with Crippen LogP contribution in [0.3, 0.4) is 0 Å². The number of fused-ring (bicyclic) bond motifs is 1. The van der Waals surface area contributed by atoms with Gasteiger partial charge in [0.1, 0.15) is 5.76 Å². The first-order valence-corrected chi connectivity index (χ1v) is 8.73. The van der Waals surface area contributed by atoms with Gasteiger partial charge in [-0.25, -0.2) is 4.98 Å². The number of aromatic nitrogens is 1. The first kappa shape index (κ1) is 14.5. The number of benzene rings is 1. The van der Waals surface area contributed by atoms with Gasteiger partial charge in [-0.2, -0.15) is 0 Å². The third-order valence-corrected chi connectivity index (χ3v) is 5.59. The number of carbonyl (C=O) groups excluding carboxylic acids is 1. The molecule has 1 aromatic carbocycles. The number of carbonyl (C=O) groups is 1. The summed E-state index contributed by atoms with van der Waals surface area (Å²) in [6, 6.07) is 11.9. The molecule has 0 aliphatic carbocycles. The lowest BCUT2D eigenvalue weighted by Crippen LogP contribution is -2.37. The van der Waals surface area contributed by atoms with E-state index in [9.17, 15) is 4.79 Å². The van der Waals surface area contributed by atoms with E-state index >= 15 is 0 Å². The summed E-state index contributed by atoms with van der Waals surface area (Å²) in [6.45, 7) is 3.38. The van der Waals surface area contributed by atoms with E-state index in [1.807, 2.05) is 24.0 Å². The van der Waals surface area contributed by atoms with Crippen LogP contribution in [0.15, 0.2) is 40.8 Å². The lowest BCUT2D eigenvalue weighted by atomic mass is 9.97. The molecule has 0 spiro atoms. The summed E-state index contributed by atoms with van der Waals surface area (Å²) in [4.78, 5) is 19.1.